The van der Waals surface area contributed by atoms with Crippen molar-refractivity contribution in [2.75, 3.05) is 12.4 Å². The molecule has 2 rings (SSSR count). The normalized spacial score (nSPS) is 10.6. The van der Waals surface area contributed by atoms with Crippen LogP contribution in [-0.2, 0) is 7.05 Å². The lowest BCUT2D eigenvalue weighted by Crippen LogP contribution is -2.13. The molecular weight excluding hydrogens is 296 g/mol. The molecule has 0 aliphatic carbocycles. The molecule has 0 radical (unpaired) electrons. The SMILES string of the molecule is COc1cc(NC(=O)c2cnn(C)c2C)ccc1OC(F)F. The van der Waals surface area contributed by atoms with Crippen molar-refractivity contribution in [3.63, 3.8) is 0 Å². The lowest BCUT2D eigenvalue weighted by Gasteiger charge is -2.12. The molecule has 118 valence electrons. The fourth-order valence-corrected chi connectivity index (χ4v) is 1.86. The minimum absolute atomic E-state index is 0.0982. The number of anilines is 1. The molecule has 1 amide bonds. The maximum atomic E-state index is 12.3. The summed E-state index contributed by atoms with van der Waals surface area (Å²) in [7, 11) is 3.05. The molecule has 0 aliphatic heterocycles. The quantitative estimate of drug-likeness (QED) is 0.922. The van der Waals surface area contributed by atoms with Gasteiger partial charge in [0.2, 0.25) is 0 Å². The summed E-state index contributed by atoms with van der Waals surface area (Å²) in [5, 5.41) is 6.64. The molecule has 0 saturated carbocycles. The van der Waals surface area contributed by atoms with E-state index in [4.69, 9.17) is 4.74 Å². The van der Waals surface area contributed by atoms with Crippen molar-refractivity contribution in [1.82, 2.24) is 9.78 Å². The predicted octanol–water partition coefficient (Wildman–Crippen LogP) is 2.59. The molecule has 0 atom stereocenters. The monoisotopic (exact) mass is 311 g/mol. The van der Waals surface area contributed by atoms with Gasteiger partial charge in [0.1, 0.15) is 0 Å². The number of carbonyl (C=O) groups excluding carboxylic acids is 1. The Morgan fingerprint density at radius 1 is 1.36 bits per heavy atom. The van der Waals surface area contributed by atoms with E-state index in [0.717, 1.165) is 0 Å². The van der Waals surface area contributed by atoms with Crippen molar-refractivity contribution in [1.29, 1.82) is 0 Å². The van der Waals surface area contributed by atoms with Crippen LogP contribution in [0.4, 0.5) is 14.5 Å². The second kappa shape index (κ2) is 6.42. The number of ether oxygens (including phenoxy) is 2. The molecule has 0 aliphatic rings. The minimum atomic E-state index is -2.95. The number of aryl methyl sites for hydroxylation is 1. The smallest absolute Gasteiger partial charge is 0.387 e. The maximum absolute atomic E-state index is 12.3. The number of hydrogen-bond donors (Lipinski definition) is 1. The fraction of sp³-hybridized carbons (Fsp3) is 0.286. The highest BCUT2D eigenvalue weighted by molar-refractivity contribution is 6.05. The van der Waals surface area contributed by atoms with Crippen LogP contribution in [0.1, 0.15) is 16.1 Å². The van der Waals surface area contributed by atoms with Gasteiger partial charge in [-0.25, -0.2) is 0 Å². The number of nitrogens with zero attached hydrogens (tertiary/aromatic N) is 2. The third-order valence-electron chi connectivity index (χ3n) is 3.12. The highest BCUT2D eigenvalue weighted by Gasteiger charge is 2.15. The first-order chi connectivity index (χ1) is 10.4. The van der Waals surface area contributed by atoms with E-state index < -0.39 is 6.61 Å². The van der Waals surface area contributed by atoms with Crippen LogP contribution in [0.15, 0.2) is 24.4 Å². The van der Waals surface area contributed by atoms with Gasteiger partial charge in [-0.05, 0) is 19.1 Å². The van der Waals surface area contributed by atoms with E-state index in [9.17, 15) is 13.6 Å². The van der Waals surface area contributed by atoms with Crippen LogP contribution >= 0.6 is 0 Å². The molecule has 0 bridgehead atoms. The summed E-state index contributed by atoms with van der Waals surface area (Å²) in [5.74, 6) is -0.357. The van der Waals surface area contributed by atoms with Gasteiger partial charge in [-0.1, -0.05) is 0 Å². The predicted molar refractivity (Wildman–Crippen MR) is 75.5 cm³/mol. The van der Waals surface area contributed by atoms with E-state index in [1.807, 2.05) is 0 Å². The molecular formula is C14H15F2N3O3. The number of hydrogen-bond acceptors (Lipinski definition) is 4. The van der Waals surface area contributed by atoms with Crippen molar-refractivity contribution in [3.05, 3.63) is 35.7 Å². The first kappa shape index (κ1) is 15.7. The number of aromatic nitrogens is 2. The minimum Gasteiger partial charge on any atom is -0.493 e. The van der Waals surface area contributed by atoms with Crippen LogP contribution in [0.5, 0.6) is 11.5 Å². The molecule has 0 unspecified atom stereocenters. The number of amides is 1. The highest BCUT2D eigenvalue weighted by Crippen LogP contribution is 2.31. The van der Waals surface area contributed by atoms with E-state index in [0.29, 0.717) is 16.9 Å². The van der Waals surface area contributed by atoms with Gasteiger partial charge in [-0.2, -0.15) is 13.9 Å². The molecule has 6 nitrogen and oxygen atoms in total. The summed E-state index contributed by atoms with van der Waals surface area (Å²) in [6.45, 7) is -1.19. The third kappa shape index (κ3) is 3.33. The largest absolute Gasteiger partial charge is 0.493 e. The van der Waals surface area contributed by atoms with Crippen LogP contribution in [0.2, 0.25) is 0 Å². The van der Waals surface area contributed by atoms with Crippen LogP contribution < -0.4 is 14.8 Å². The van der Waals surface area contributed by atoms with E-state index in [2.05, 4.69) is 15.2 Å². The van der Waals surface area contributed by atoms with Crippen molar-refractivity contribution >= 4 is 11.6 Å². The van der Waals surface area contributed by atoms with Gasteiger partial charge in [0.25, 0.3) is 5.91 Å². The Kier molecular flexibility index (Phi) is 4.59. The van der Waals surface area contributed by atoms with Crippen molar-refractivity contribution in [2.24, 2.45) is 7.05 Å². The number of halogens is 2. The summed E-state index contributed by atoms with van der Waals surface area (Å²) in [5.41, 5.74) is 1.53. The molecule has 0 saturated heterocycles. The first-order valence-corrected chi connectivity index (χ1v) is 6.35. The molecule has 0 fully saturated rings. The second-order valence-corrected chi connectivity index (χ2v) is 4.47. The van der Waals surface area contributed by atoms with Crippen molar-refractivity contribution in [2.45, 2.75) is 13.5 Å². The average Bonchev–Trinajstić information content (AvgIpc) is 2.80. The third-order valence-corrected chi connectivity index (χ3v) is 3.12. The van der Waals surface area contributed by atoms with Gasteiger partial charge in [0.05, 0.1) is 18.9 Å². The molecule has 22 heavy (non-hydrogen) atoms. The van der Waals surface area contributed by atoms with Gasteiger partial charge >= 0.3 is 6.61 Å². The molecule has 1 aromatic carbocycles. The Hall–Kier alpha value is -2.64. The zero-order chi connectivity index (χ0) is 16.3. The van der Waals surface area contributed by atoms with Crippen molar-refractivity contribution < 1.29 is 23.0 Å². The van der Waals surface area contributed by atoms with Crippen LogP contribution in [0.3, 0.4) is 0 Å². The Morgan fingerprint density at radius 3 is 2.64 bits per heavy atom. The summed E-state index contributed by atoms with van der Waals surface area (Å²) < 4.78 is 35.4. The van der Waals surface area contributed by atoms with Crippen LogP contribution in [0, 0.1) is 6.92 Å². The molecule has 1 aromatic heterocycles. The van der Waals surface area contributed by atoms with E-state index in [-0.39, 0.29) is 17.4 Å². The van der Waals surface area contributed by atoms with Gasteiger partial charge in [-0.3, -0.25) is 9.48 Å². The topological polar surface area (TPSA) is 65.4 Å². The number of carbonyl (C=O) groups is 1. The second-order valence-electron chi connectivity index (χ2n) is 4.47. The Labute approximate surface area is 125 Å². The number of benzene rings is 1. The van der Waals surface area contributed by atoms with E-state index in [1.165, 1.54) is 31.5 Å². The zero-order valence-electron chi connectivity index (χ0n) is 12.3. The van der Waals surface area contributed by atoms with Crippen LogP contribution in [-0.4, -0.2) is 29.4 Å². The standard InChI is InChI=1S/C14H15F2N3O3/c1-8-10(7-17-19(8)2)13(20)18-9-4-5-11(22-14(15)16)12(6-9)21-3/h4-7,14H,1-3H3,(H,18,20). The van der Waals surface area contributed by atoms with Crippen molar-refractivity contribution in [3.8, 4) is 11.5 Å². The number of methoxy groups -OCH3 is 1. The van der Waals surface area contributed by atoms with Crippen LogP contribution in [0.25, 0.3) is 0 Å². The molecule has 2 aromatic rings. The molecule has 8 heteroatoms. The summed E-state index contributed by atoms with van der Waals surface area (Å²) in [6, 6.07) is 4.15. The lowest BCUT2D eigenvalue weighted by atomic mass is 10.2. The van der Waals surface area contributed by atoms with Gasteiger partial charge in [-0.15, -0.1) is 0 Å². The summed E-state index contributed by atoms with van der Waals surface area (Å²) in [6.07, 6.45) is 1.45. The zero-order valence-corrected chi connectivity index (χ0v) is 12.3. The molecule has 0 spiro atoms. The Balaban J connectivity index is 2.19. The Morgan fingerprint density at radius 2 is 2.09 bits per heavy atom. The first-order valence-electron chi connectivity index (χ1n) is 6.35. The lowest BCUT2D eigenvalue weighted by molar-refractivity contribution is -0.0512. The average molecular weight is 311 g/mol. The number of nitrogens with one attached hydrogen (secondary N) is 1. The van der Waals surface area contributed by atoms with E-state index >= 15 is 0 Å². The maximum Gasteiger partial charge on any atom is 0.387 e. The summed E-state index contributed by atoms with van der Waals surface area (Å²) in [4.78, 5) is 12.2. The Bertz CT molecular complexity index is 686. The summed E-state index contributed by atoms with van der Waals surface area (Å²) >= 11 is 0. The fourth-order valence-electron chi connectivity index (χ4n) is 1.86. The van der Waals surface area contributed by atoms with Gasteiger partial charge in [0, 0.05) is 24.5 Å². The number of alkyl halides is 2. The number of rotatable bonds is 5. The van der Waals surface area contributed by atoms with Gasteiger partial charge < -0.3 is 14.8 Å². The highest BCUT2D eigenvalue weighted by atomic mass is 19.3. The molecule has 1 N–H and O–H groups in total. The van der Waals surface area contributed by atoms with Gasteiger partial charge in [0.15, 0.2) is 11.5 Å². The molecule has 1 heterocycles. The van der Waals surface area contributed by atoms with E-state index in [1.54, 1.807) is 18.7 Å².